The van der Waals surface area contributed by atoms with Gasteiger partial charge in [0, 0.05) is 22.5 Å². The van der Waals surface area contributed by atoms with Crippen LogP contribution in [0.15, 0.2) is 24.3 Å². The van der Waals surface area contributed by atoms with Gasteiger partial charge in [-0.3, -0.25) is 4.98 Å². The summed E-state index contributed by atoms with van der Waals surface area (Å²) in [6.07, 6.45) is 0.464. The number of aliphatic hydroxyl groups is 1. The molecule has 1 saturated carbocycles. The molecule has 0 unspecified atom stereocenters. The van der Waals surface area contributed by atoms with Crippen LogP contribution in [0.4, 0.5) is 13.2 Å². The Hall–Kier alpha value is -1.70. The van der Waals surface area contributed by atoms with E-state index >= 15 is 0 Å². The molecule has 0 bridgehead atoms. The van der Waals surface area contributed by atoms with Crippen LogP contribution in [0.5, 0.6) is 0 Å². The van der Waals surface area contributed by atoms with Crippen LogP contribution in [0.2, 0.25) is 18.1 Å². The van der Waals surface area contributed by atoms with Crippen molar-refractivity contribution in [3.05, 3.63) is 63.5 Å². The Kier molecular flexibility index (Phi) is 8.47. The standard InChI is InChI=1S/C33H48F3NO2Si/c1-20(2)29-28(30(38)22-14-16-23(17-15-22)33(34,35)36)26(21-12-10-11-13-21)27-24(37-29)18-32(6,7)19-25(27)39-40(8,9)31(3,4)5/h14-17,20-21,25,30,38H,10-13,18-19H2,1-9H3/t25-,30-/m0/s1. The monoisotopic (exact) mass is 575 g/mol. The first-order valence-corrected chi connectivity index (χ1v) is 17.8. The molecule has 2 aromatic rings. The van der Waals surface area contributed by atoms with Crippen LogP contribution in [0, 0.1) is 5.41 Å². The lowest BCUT2D eigenvalue weighted by molar-refractivity contribution is -0.137. The van der Waals surface area contributed by atoms with Gasteiger partial charge in [0.05, 0.1) is 11.7 Å². The van der Waals surface area contributed by atoms with E-state index in [1.54, 1.807) is 0 Å². The minimum atomic E-state index is -4.42. The summed E-state index contributed by atoms with van der Waals surface area (Å²) in [6.45, 7) is 20.1. The molecule has 1 aromatic heterocycles. The molecule has 1 aromatic carbocycles. The molecule has 1 heterocycles. The maximum absolute atomic E-state index is 13.3. The molecule has 0 saturated heterocycles. The number of nitrogens with zero attached hydrogens (tertiary/aromatic N) is 1. The van der Waals surface area contributed by atoms with E-state index in [-0.39, 0.29) is 28.4 Å². The van der Waals surface area contributed by atoms with E-state index in [2.05, 4.69) is 61.6 Å². The van der Waals surface area contributed by atoms with Crippen LogP contribution >= 0.6 is 0 Å². The number of halogens is 3. The molecule has 0 aliphatic heterocycles. The third-order valence-electron chi connectivity index (χ3n) is 9.51. The second kappa shape index (κ2) is 10.8. The Morgan fingerprint density at radius 1 is 1.00 bits per heavy atom. The highest BCUT2D eigenvalue weighted by atomic mass is 28.4. The topological polar surface area (TPSA) is 42.4 Å². The molecule has 0 spiro atoms. The van der Waals surface area contributed by atoms with E-state index in [1.165, 1.54) is 12.1 Å². The fraction of sp³-hybridized carbons (Fsp3) is 0.667. The van der Waals surface area contributed by atoms with Crippen LogP contribution in [0.3, 0.4) is 0 Å². The number of alkyl halides is 3. The molecule has 4 rings (SSSR count). The molecule has 2 atom stereocenters. The van der Waals surface area contributed by atoms with Gasteiger partial charge < -0.3 is 9.53 Å². The van der Waals surface area contributed by atoms with Gasteiger partial charge in [-0.2, -0.15) is 13.2 Å². The Labute approximate surface area is 240 Å². The summed E-state index contributed by atoms with van der Waals surface area (Å²) in [7, 11) is -2.15. The van der Waals surface area contributed by atoms with Crippen LogP contribution in [0.25, 0.3) is 0 Å². The molecule has 2 aliphatic carbocycles. The average molecular weight is 576 g/mol. The van der Waals surface area contributed by atoms with Crippen LogP contribution in [-0.4, -0.2) is 18.4 Å². The minimum absolute atomic E-state index is 0.0157. The van der Waals surface area contributed by atoms with E-state index in [4.69, 9.17) is 9.41 Å². The minimum Gasteiger partial charge on any atom is -0.410 e. The molecule has 1 N–H and O–H groups in total. The van der Waals surface area contributed by atoms with Gasteiger partial charge in [-0.05, 0) is 84.3 Å². The van der Waals surface area contributed by atoms with Gasteiger partial charge in [0.1, 0.15) is 6.10 Å². The molecule has 222 valence electrons. The summed E-state index contributed by atoms with van der Waals surface area (Å²) in [4.78, 5) is 5.28. The molecule has 40 heavy (non-hydrogen) atoms. The summed E-state index contributed by atoms with van der Waals surface area (Å²) in [5.41, 5.74) is 4.82. The van der Waals surface area contributed by atoms with Gasteiger partial charge in [0.15, 0.2) is 8.32 Å². The van der Waals surface area contributed by atoms with Crippen molar-refractivity contribution in [3.8, 4) is 0 Å². The zero-order valence-corrected chi connectivity index (χ0v) is 26.8. The van der Waals surface area contributed by atoms with Crippen LogP contribution < -0.4 is 0 Å². The first-order chi connectivity index (χ1) is 18.3. The SMILES string of the molecule is CC(C)c1nc2c(c(C3CCCC3)c1[C@@H](O)c1ccc(C(F)(F)F)cc1)[C@@H](O[Si](C)(C)C(C)(C)C)CC(C)(C)C2. The molecular formula is C33H48F3NO2Si. The maximum Gasteiger partial charge on any atom is 0.416 e. The van der Waals surface area contributed by atoms with Crippen molar-refractivity contribution in [2.45, 2.75) is 135 Å². The first kappa shape index (κ1) is 31.2. The van der Waals surface area contributed by atoms with Crippen molar-refractivity contribution in [1.29, 1.82) is 0 Å². The number of rotatable bonds is 6. The number of pyridine rings is 1. The van der Waals surface area contributed by atoms with Crippen LogP contribution in [0.1, 0.15) is 144 Å². The maximum atomic E-state index is 13.3. The molecule has 1 fully saturated rings. The van der Waals surface area contributed by atoms with Crippen molar-refractivity contribution in [2.24, 2.45) is 5.41 Å². The number of fused-ring (bicyclic) bond motifs is 1. The molecule has 0 amide bonds. The Balaban J connectivity index is 1.97. The highest BCUT2D eigenvalue weighted by molar-refractivity contribution is 6.74. The van der Waals surface area contributed by atoms with Crippen molar-refractivity contribution < 1.29 is 22.7 Å². The second-order valence-electron chi connectivity index (χ2n) is 14.8. The number of aliphatic hydroxyl groups excluding tert-OH is 1. The highest BCUT2D eigenvalue weighted by Crippen LogP contribution is 2.53. The highest BCUT2D eigenvalue weighted by Gasteiger charge is 2.45. The molecule has 0 radical (unpaired) electrons. The Bertz CT molecular complexity index is 1210. The van der Waals surface area contributed by atoms with E-state index in [0.717, 1.165) is 78.7 Å². The van der Waals surface area contributed by atoms with E-state index in [9.17, 15) is 18.3 Å². The van der Waals surface area contributed by atoms with Crippen molar-refractivity contribution in [3.63, 3.8) is 0 Å². The average Bonchev–Trinajstić information content (AvgIpc) is 3.35. The summed E-state index contributed by atoms with van der Waals surface area (Å²) in [5, 5.41) is 12.0. The summed E-state index contributed by atoms with van der Waals surface area (Å²) < 4.78 is 47.1. The fourth-order valence-corrected chi connectivity index (χ4v) is 7.63. The van der Waals surface area contributed by atoms with E-state index in [0.29, 0.717) is 5.56 Å². The second-order valence-corrected chi connectivity index (χ2v) is 19.5. The largest absolute Gasteiger partial charge is 0.416 e. The Morgan fingerprint density at radius 3 is 2.08 bits per heavy atom. The van der Waals surface area contributed by atoms with Gasteiger partial charge in [-0.15, -0.1) is 0 Å². The lowest BCUT2D eigenvalue weighted by atomic mass is 9.70. The third kappa shape index (κ3) is 6.22. The molecule has 7 heteroatoms. The number of hydrogen-bond donors (Lipinski definition) is 1. The van der Waals surface area contributed by atoms with Gasteiger partial charge in [0.25, 0.3) is 0 Å². The zero-order valence-electron chi connectivity index (χ0n) is 25.8. The predicted molar refractivity (Wildman–Crippen MR) is 158 cm³/mol. The van der Waals surface area contributed by atoms with Gasteiger partial charge in [0.2, 0.25) is 0 Å². The third-order valence-corrected chi connectivity index (χ3v) is 14.0. The molecular weight excluding hydrogens is 527 g/mol. The number of hydrogen-bond acceptors (Lipinski definition) is 3. The van der Waals surface area contributed by atoms with Gasteiger partial charge in [-0.1, -0.05) is 73.4 Å². The lowest BCUT2D eigenvalue weighted by Crippen LogP contribution is -2.44. The smallest absolute Gasteiger partial charge is 0.410 e. The normalized spacial score (nSPS) is 21.1. The Morgan fingerprint density at radius 2 is 1.57 bits per heavy atom. The summed E-state index contributed by atoms with van der Waals surface area (Å²) in [6, 6.07) is 4.98. The summed E-state index contributed by atoms with van der Waals surface area (Å²) >= 11 is 0. The zero-order chi connectivity index (χ0) is 29.8. The lowest BCUT2D eigenvalue weighted by Gasteiger charge is -2.45. The number of aromatic nitrogens is 1. The van der Waals surface area contributed by atoms with Gasteiger partial charge in [-0.25, -0.2) is 0 Å². The number of benzene rings is 1. The fourth-order valence-electron chi connectivity index (χ4n) is 6.36. The first-order valence-electron chi connectivity index (χ1n) is 14.9. The molecule has 3 nitrogen and oxygen atoms in total. The quantitative estimate of drug-likeness (QED) is 0.349. The van der Waals surface area contributed by atoms with E-state index < -0.39 is 26.2 Å². The molecule has 2 aliphatic rings. The van der Waals surface area contributed by atoms with E-state index in [1.807, 2.05) is 0 Å². The van der Waals surface area contributed by atoms with Gasteiger partial charge >= 0.3 is 6.18 Å². The predicted octanol–water partition coefficient (Wildman–Crippen LogP) is 10.00. The van der Waals surface area contributed by atoms with Crippen molar-refractivity contribution >= 4 is 8.32 Å². The van der Waals surface area contributed by atoms with Crippen molar-refractivity contribution in [2.75, 3.05) is 0 Å². The van der Waals surface area contributed by atoms with Crippen molar-refractivity contribution in [1.82, 2.24) is 4.98 Å². The summed E-state index contributed by atoms with van der Waals surface area (Å²) in [5.74, 6) is 0.328. The van der Waals surface area contributed by atoms with Crippen LogP contribution in [-0.2, 0) is 17.0 Å².